The molecule has 0 aliphatic carbocycles. The number of thioether (sulfide) groups is 1. The van der Waals surface area contributed by atoms with Crippen LogP contribution in [0.15, 0.2) is 53.5 Å². The number of para-hydroxylation sites is 1. The Morgan fingerprint density at radius 2 is 2.18 bits per heavy atom. The maximum Gasteiger partial charge on any atom is 0.247 e. The highest BCUT2D eigenvalue weighted by Gasteiger charge is 2.35. The van der Waals surface area contributed by atoms with Crippen molar-refractivity contribution in [2.24, 2.45) is 0 Å². The van der Waals surface area contributed by atoms with Crippen LogP contribution in [-0.2, 0) is 4.79 Å². The van der Waals surface area contributed by atoms with Gasteiger partial charge in [-0.3, -0.25) is 9.69 Å². The van der Waals surface area contributed by atoms with Crippen molar-refractivity contribution < 1.29 is 9.53 Å². The molecule has 2 aromatic heterocycles. The Kier molecular flexibility index (Phi) is 5.15. The van der Waals surface area contributed by atoms with Gasteiger partial charge in [-0.25, -0.2) is 0 Å². The summed E-state index contributed by atoms with van der Waals surface area (Å²) in [5, 5.41) is 11.1. The van der Waals surface area contributed by atoms with Crippen molar-refractivity contribution in [1.82, 2.24) is 15.2 Å². The van der Waals surface area contributed by atoms with Gasteiger partial charge in [-0.05, 0) is 30.0 Å². The van der Waals surface area contributed by atoms with Gasteiger partial charge >= 0.3 is 0 Å². The standard InChI is InChI=1S/C20H18N4O2S2/c1-4-10-28-20-21-18-16(22-23-20)14-7-5-6-8-15(14)24(13(3)25)19(26-18)17-12(2)9-11-27-17/h4-9,11,19H,1,10H2,2-3H3. The van der Waals surface area contributed by atoms with E-state index in [1.165, 1.54) is 18.7 Å². The van der Waals surface area contributed by atoms with Crippen LogP contribution in [0.1, 0.15) is 23.6 Å². The summed E-state index contributed by atoms with van der Waals surface area (Å²) >= 11 is 2.98. The normalized spacial score (nSPS) is 15.2. The molecule has 0 N–H and O–H groups in total. The van der Waals surface area contributed by atoms with Crippen LogP contribution in [0.5, 0.6) is 5.88 Å². The molecule has 28 heavy (non-hydrogen) atoms. The van der Waals surface area contributed by atoms with Crippen molar-refractivity contribution in [3.63, 3.8) is 0 Å². The van der Waals surface area contributed by atoms with E-state index in [2.05, 4.69) is 21.8 Å². The maximum absolute atomic E-state index is 12.7. The molecule has 1 unspecified atom stereocenters. The van der Waals surface area contributed by atoms with E-state index in [0.29, 0.717) is 22.5 Å². The number of ether oxygens (including phenoxy) is 1. The van der Waals surface area contributed by atoms with Crippen LogP contribution in [0.25, 0.3) is 11.3 Å². The van der Waals surface area contributed by atoms with Crippen LogP contribution in [0.4, 0.5) is 5.69 Å². The molecule has 0 saturated heterocycles. The summed E-state index contributed by atoms with van der Waals surface area (Å²) in [6.07, 6.45) is 1.17. The van der Waals surface area contributed by atoms with E-state index in [4.69, 9.17) is 4.74 Å². The number of rotatable bonds is 4. The van der Waals surface area contributed by atoms with Crippen molar-refractivity contribution in [2.45, 2.75) is 25.2 Å². The zero-order chi connectivity index (χ0) is 19.7. The Morgan fingerprint density at radius 1 is 1.36 bits per heavy atom. The zero-order valence-electron chi connectivity index (χ0n) is 15.5. The minimum atomic E-state index is -0.617. The molecule has 142 valence electrons. The molecule has 0 fully saturated rings. The fourth-order valence-electron chi connectivity index (χ4n) is 3.06. The zero-order valence-corrected chi connectivity index (χ0v) is 17.1. The van der Waals surface area contributed by atoms with Crippen LogP contribution in [0.3, 0.4) is 0 Å². The molecule has 8 heteroatoms. The molecule has 0 bridgehead atoms. The molecule has 4 rings (SSSR count). The number of hydrogen-bond donors (Lipinski definition) is 0. The number of fused-ring (bicyclic) bond motifs is 3. The first-order valence-corrected chi connectivity index (χ1v) is 10.5. The largest absolute Gasteiger partial charge is 0.446 e. The number of hydrogen-bond acceptors (Lipinski definition) is 7. The van der Waals surface area contributed by atoms with Crippen LogP contribution < -0.4 is 9.64 Å². The van der Waals surface area contributed by atoms with Gasteiger partial charge < -0.3 is 4.74 Å². The van der Waals surface area contributed by atoms with E-state index in [1.54, 1.807) is 22.3 Å². The van der Waals surface area contributed by atoms with Crippen molar-refractivity contribution >= 4 is 34.7 Å². The van der Waals surface area contributed by atoms with Gasteiger partial charge in [0, 0.05) is 18.2 Å². The number of aromatic nitrogens is 3. The predicted octanol–water partition coefficient (Wildman–Crippen LogP) is 4.63. The van der Waals surface area contributed by atoms with Gasteiger partial charge in [0.1, 0.15) is 0 Å². The van der Waals surface area contributed by atoms with Gasteiger partial charge in [0.2, 0.25) is 23.2 Å². The predicted molar refractivity (Wildman–Crippen MR) is 112 cm³/mol. The van der Waals surface area contributed by atoms with Crippen LogP contribution in [-0.4, -0.2) is 26.8 Å². The molecular weight excluding hydrogens is 392 g/mol. The highest BCUT2D eigenvalue weighted by Crippen LogP contribution is 2.44. The summed E-state index contributed by atoms with van der Waals surface area (Å²) in [5.41, 5.74) is 3.09. The second-order valence-electron chi connectivity index (χ2n) is 6.19. The first-order chi connectivity index (χ1) is 13.6. The van der Waals surface area contributed by atoms with E-state index < -0.39 is 6.23 Å². The van der Waals surface area contributed by atoms with Crippen LogP contribution in [0, 0.1) is 6.92 Å². The molecular formula is C20H18N4O2S2. The first-order valence-electron chi connectivity index (χ1n) is 8.68. The summed E-state index contributed by atoms with van der Waals surface area (Å²) in [4.78, 5) is 19.9. The topological polar surface area (TPSA) is 68.2 Å². The third-order valence-electron chi connectivity index (χ3n) is 4.31. The smallest absolute Gasteiger partial charge is 0.247 e. The summed E-state index contributed by atoms with van der Waals surface area (Å²) < 4.78 is 6.32. The molecule has 6 nitrogen and oxygen atoms in total. The van der Waals surface area contributed by atoms with Gasteiger partial charge in [-0.1, -0.05) is 36.0 Å². The summed E-state index contributed by atoms with van der Waals surface area (Å²) in [5.74, 6) is 0.923. The van der Waals surface area contributed by atoms with Gasteiger partial charge in [-0.15, -0.1) is 28.1 Å². The SMILES string of the molecule is C=CCSc1nnc2c(n1)OC(c1sccc1C)N(C(C)=O)c1ccccc1-2. The highest BCUT2D eigenvalue weighted by molar-refractivity contribution is 7.99. The molecule has 0 saturated carbocycles. The molecule has 3 aromatic rings. The number of benzene rings is 1. The van der Waals surface area contributed by atoms with Gasteiger partial charge in [0.05, 0.1) is 10.6 Å². The Bertz CT molecular complexity index is 1050. The Balaban J connectivity index is 1.92. The lowest BCUT2D eigenvalue weighted by molar-refractivity contribution is -0.118. The number of carbonyl (C=O) groups is 1. The third-order valence-corrected chi connectivity index (χ3v) is 6.19. The second-order valence-corrected chi connectivity index (χ2v) is 8.13. The fourth-order valence-corrected chi connectivity index (χ4v) is 4.51. The molecule has 1 atom stereocenters. The maximum atomic E-state index is 12.7. The second kappa shape index (κ2) is 7.73. The number of aryl methyl sites for hydroxylation is 1. The lowest BCUT2D eigenvalue weighted by Crippen LogP contribution is -2.35. The molecule has 1 amide bonds. The monoisotopic (exact) mass is 410 g/mol. The number of anilines is 1. The number of amides is 1. The van der Waals surface area contributed by atoms with E-state index in [0.717, 1.165) is 21.7 Å². The third kappa shape index (κ3) is 3.29. The van der Waals surface area contributed by atoms with E-state index >= 15 is 0 Å². The summed E-state index contributed by atoms with van der Waals surface area (Å²) in [7, 11) is 0. The van der Waals surface area contributed by atoms with Gasteiger partial charge in [0.25, 0.3) is 0 Å². The number of nitrogens with zero attached hydrogens (tertiary/aromatic N) is 4. The van der Waals surface area contributed by atoms with Crippen molar-refractivity contribution in [1.29, 1.82) is 0 Å². The van der Waals surface area contributed by atoms with Crippen molar-refractivity contribution in [3.05, 3.63) is 58.8 Å². The average Bonchev–Trinajstić information content (AvgIpc) is 3.05. The lowest BCUT2D eigenvalue weighted by atomic mass is 10.1. The summed E-state index contributed by atoms with van der Waals surface area (Å²) in [6.45, 7) is 7.27. The van der Waals surface area contributed by atoms with E-state index in [9.17, 15) is 4.79 Å². The van der Waals surface area contributed by atoms with Crippen molar-refractivity contribution in [3.8, 4) is 17.1 Å². The Labute approximate surface area is 171 Å². The van der Waals surface area contributed by atoms with Crippen LogP contribution in [0.2, 0.25) is 0 Å². The van der Waals surface area contributed by atoms with Crippen molar-refractivity contribution in [2.75, 3.05) is 10.7 Å². The Hall–Kier alpha value is -2.71. The quantitative estimate of drug-likeness (QED) is 0.461. The molecule has 0 spiro atoms. The molecule has 1 aliphatic rings. The number of thiophene rings is 1. The van der Waals surface area contributed by atoms with Gasteiger partial charge in [0.15, 0.2) is 5.69 Å². The molecule has 0 radical (unpaired) electrons. The van der Waals surface area contributed by atoms with E-state index in [1.807, 2.05) is 42.6 Å². The first kappa shape index (κ1) is 18.6. The average molecular weight is 411 g/mol. The minimum absolute atomic E-state index is 0.118. The minimum Gasteiger partial charge on any atom is -0.446 e. The van der Waals surface area contributed by atoms with Gasteiger partial charge in [-0.2, -0.15) is 4.98 Å². The highest BCUT2D eigenvalue weighted by atomic mass is 32.2. The Morgan fingerprint density at radius 3 is 2.89 bits per heavy atom. The van der Waals surface area contributed by atoms with Crippen LogP contribution >= 0.6 is 23.1 Å². The summed E-state index contributed by atoms with van der Waals surface area (Å²) in [6, 6.07) is 9.62. The number of carbonyl (C=O) groups excluding carboxylic acids is 1. The lowest BCUT2D eigenvalue weighted by Gasteiger charge is -2.29. The fraction of sp³-hybridized carbons (Fsp3) is 0.200. The van der Waals surface area contributed by atoms with E-state index in [-0.39, 0.29) is 5.91 Å². The molecule has 1 aromatic carbocycles. The molecule has 3 heterocycles. The molecule has 1 aliphatic heterocycles.